The summed E-state index contributed by atoms with van der Waals surface area (Å²) in [6.45, 7) is 2.00. The Morgan fingerprint density at radius 2 is 1.79 bits per heavy atom. The standard InChI is InChI=1S/C21H26F3N3O2/c1-19(8-2-3-9-19)12-16(18(29)27-20(13-25)10-11-20)26-17(21(22,23)24)14-4-6-15(28)7-5-14/h4-7,16-17,26,28H,2-3,8-12H2,1H3,(H,27,29)/t16-,17-/m0/s1. The van der Waals surface area contributed by atoms with Gasteiger partial charge in [0, 0.05) is 0 Å². The van der Waals surface area contributed by atoms with Crippen LogP contribution in [0.1, 0.15) is 63.5 Å². The number of phenols is 1. The molecule has 1 aromatic carbocycles. The van der Waals surface area contributed by atoms with Crippen molar-refractivity contribution < 1.29 is 23.1 Å². The Balaban J connectivity index is 1.85. The van der Waals surface area contributed by atoms with E-state index in [1.165, 1.54) is 24.3 Å². The van der Waals surface area contributed by atoms with E-state index in [-0.39, 0.29) is 23.1 Å². The lowest BCUT2D eigenvalue weighted by atomic mass is 9.81. The van der Waals surface area contributed by atoms with Crippen LogP contribution < -0.4 is 10.6 Å². The van der Waals surface area contributed by atoms with Gasteiger partial charge in [0.25, 0.3) is 0 Å². The smallest absolute Gasteiger partial charge is 0.407 e. The zero-order valence-electron chi connectivity index (χ0n) is 16.4. The number of nitrogens with one attached hydrogen (secondary N) is 2. The van der Waals surface area contributed by atoms with E-state index in [1.807, 2.05) is 6.92 Å². The molecule has 0 aliphatic heterocycles. The van der Waals surface area contributed by atoms with Crippen molar-refractivity contribution in [1.29, 1.82) is 5.26 Å². The zero-order valence-corrected chi connectivity index (χ0v) is 16.4. The molecule has 5 nitrogen and oxygen atoms in total. The molecule has 3 N–H and O–H groups in total. The second-order valence-corrected chi connectivity index (χ2v) is 8.69. The molecule has 8 heteroatoms. The minimum Gasteiger partial charge on any atom is -0.508 e. The third kappa shape index (κ3) is 5.21. The van der Waals surface area contributed by atoms with E-state index in [0.29, 0.717) is 12.8 Å². The van der Waals surface area contributed by atoms with Gasteiger partial charge in [-0.2, -0.15) is 18.4 Å². The van der Waals surface area contributed by atoms with Gasteiger partial charge < -0.3 is 10.4 Å². The summed E-state index contributed by atoms with van der Waals surface area (Å²) in [6, 6.07) is 3.70. The average molecular weight is 409 g/mol. The molecule has 0 aromatic heterocycles. The number of aromatic hydroxyl groups is 1. The highest BCUT2D eigenvalue weighted by molar-refractivity contribution is 5.83. The van der Waals surface area contributed by atoms with Crippen molar-refractivity contribution >= 4 is 5.91 Å². The van der Waals surface area contributed by atoms with Gasteiger partial charge in [0.1, 0.15) is 17.3 Å². The molecular weight excluding hydrogens is 383 g/mol. The number of hydrogen-bond acceptors (Lipinski definition) is 4. The molecule has 2 fully saturated rings. The third-order valence-electron chi connectivity index (χ3n) is 6.07. The van der Waals surface area contributed by atoms with Crippen LogP contribution in [-0.2, 0) is 4.79 Å². The van der Waals surface area contributed by atoms with Gasteiger partial charge in [0.05, 0.1) is 12.1 Å². The number of nitriles is 1. The highest BCUT2D eigenvalue weighted by Crippen LogP contribution is 2.43. The lowest BCUT2D eigenvalue weighted by Crippen LogP contribution is -2.53. The Hall–Kier alpha value is -2.27. The predicted octanol–water partition coefficient (Wildman–Crippen LogP) is 4.10. The van der Waals surface area contributed by atoms with E-state index in [2.05, 4.69) is 16.7 Å². The molecule has 0 heterocycles. The summed E-state index contributed by atoms with van der Waals surface area (Å²) in [7, 11) is 0. The SMILES string of the molecule is CC1(C[C@H](N[C@@H](c2ccc(O)cc2)C(F)(F)F)C(=O)NC2(C#N)CC2)CCCC1. The van der Waals surface area contributed by atoms with Gasteiger partial charge >= 0.3 is 6.18 Å². The molecule has 3 rings (SSSR count). The molecule has 0 unspecified atom stereocenters. The van der Waals surface area contributed by atoms with Crippen molar-refractivity contribution in [1.82, 2.24) is 10.6 Å². The Morgan fingerprint density at radius 3 is 2.28 bits per heavy atom. The van der Waals surface area contributed by atoms with E-state index in [1.54, 1.807) is 0 Å². The summed E-state index contributed by atoms with van der Waals surface area (Å²) < 4.78 is 41.5. The maximum atomic E-state index is 13.8. The van der Waals surface area contributed by atoms with Crippen molar-refractivity contribution in [2.24, 2.45) is 5.41 Å². The monoisotopic (exact) mass is 409 g/mol. The number of carbonyl (C=O) groups is 1. The van der Waals surface area contributed by atoms with Gasteiger partial charge in [-0.15, -0.1) is 0 Å². The minimum absolute atomic E-state index is 0.0777. The van der Waals surface area contributed by atoms with E-state index >= 15 is 0 Å². The summed E-state index contributed by atoms with van der Waals surface area (Å²) in [5.74, 6) is -0.697. The van der Waals surface area contributed by atoms with Crippen LogP contribution in [0.25, 0.3) is 0 Å². The maximum Gasteiger partial charge on any atom is 0.407 e. The van der Waals surface area contributed by atoms with E-state index in [0.717, 1.165) is 25.7 Å². The molecule has 29 heavy (non-hydrogen) atoms. The number of nitrogens with zero attached hydrogens (tertiary/aromatic N) is 1. The topological polar surface area (TPSA) is 85.2 Å². The van der Waals surface area contributed by atoms with Crippen molar-refractivity contribution in [3.8, 4) is 11.8 Å². The molecule has 0 bridgehead atoms. The molecule has 158 valence electrons. The highest BCUT2D eigenvalue weighted by atomic mass is 19.4. The van der Waals surface area contributed by atoms with Gasteiger partial charge in [-0.3, -0.25) is 10.1 Å². The van der Waals surface area contributed by atoms with Gasteiger partial charge in [0.2, 0.25) is 5.91 Å². The normalized spacial score (nSPS) is 21.8. The first-order valence-corrected chi connectivity index (χ1v) is 9.91. The summed E-state index contributed by atoms with van der Waals surface area (Å²) in [6.07, 6.45) is 0.375. The third-order valence-corrected chi connectivity index (χ3v) is 6.07. The number of alkyl halides is 3. The molecule has 2 atom stereocenters. The van der Waals surface area contributed by atoms with Crippen LogP contribution in [0, 0.1) is 16.7 Å². The largest absolute Gasteiger partial charge is 0.508 e. The van der Waals surface area contributed by atoms with Crippen LogP contribution >= 0.6 is 0 Å². The van der Waals surface area contributed by atoms with Gasteiger partial charge in [0.15, 0.2) is 0 Å². The zero-order chi connectivity index (χ0) is 21.3. The van der Waals surface area contributed by atoms with Crippen LogP contribution in [0.3, 0.4) is 0 Å². The van der Waals surface area contributed by atoms with Crippen LogP contribution in [0.5, 0.6) is 5.75 Å². The summed E-state index contributed by atoms with van der Waals surface area (Å²) in [5, 5.41) is 23.8. The number of benzene rings is 1. The fraction of sp³-hybridized carbons (Fsp3) is 0.619. The molecule has 2 saturated carbocycles. The summed E-state index contributed by atoms with van der Waals surface area (Å²) >= 11 is 0. The van der Waals surface area contributed by atoms with Crippen LogP contribution in [0.15, 0.2) is 24.3 Å². The van der Waals surface area contributed by atoms with Crippen molar-refractivity contribution in [3.05, 3.63) is 29.8 Å². The molecular formula is C21H26F3N3O2. The number of hydrogen-bond donors (Lipinski definition) is 3. The van der Waals surface area contributed by atoms with Gasteiger partial charge in [-0.05, 0) is 55.2 Å². The second-order valence-electron chi connectivity index (χ2n) is 8.69. The van der Waals surface area contributed by atoms with Crippen molar-refractivity contribution in [3.63, 3.8) is 0 Å². The first-order chi connectivity index (χ1) is 13.6. The average Bonchev–Trinajstić information content (AvgIpc) is 3.30. The quantitative estimate of drug-likeness (QED) is 0.633. The van der Waals surface area contributed by atoms with Crippen LogP contribution in [0.4, 0.5) is 13.2 Å². The number of phenolic OH excluding ortho intramolecular Hbond substituents is 1. The van der Waals surface area contributed by atoms with Gasteiger partial charge in [-0.25, -0.2) is 0 Å². The molecule has 2 aliphatic rings. The number of carbonyl (C=O) groups excluding carboxylic acids is 1. The molecule has 1 amide bonds. The maximum absolute atomic E-state index is 13.8. The van der Waals surface area contributed by atoms with Crippen molar-refractivity contribution in [2.45, 2.75) is 75.7 Å². The molecule has 2 aliphatic carbocycles. The van der Waals surface area contributed by atoms with E-state index in [4.69, 9.17) is 0 Å². The van der Waals surface area contributed by atoms with Crippen LogP contribution in [-0.4, -0.2) is 28.8 Å². The molecule has 1 aromatic rings. The van der Waals surface area contributed by atoms with Crippen LogP contribution in [0.2, 0.25) is 0 Å². The molecule has 0 spiro atoms. The van der Waals surface area contributed by atoms with E-state index < -0.39 is 29.7 Å². The lowest BCUT2D eigenvalue weighted by Gasteiger charge is -2.33. The fourth-order valence-electron chi connectivity index (χ4n) is 4.11. The number of amides is 1. The Bertz CT molecular complexity index is 776. The lowest BCUT2D eigenvalue weighted by molar-refractivity contribution is -0.161. The molecule has 0 radical (unpaired) electrons. The number of halogens is 3. The first kappa shape index (κ1) is 21.4. The Morgan fingerprint density at radius 1 is 1.21 bits per heavy atom. The predicted molar refractivity (Wildman–Crippen MR) is 101 cm³/mol. The Kier molecular flexibility index (Phi) is 5.81. The van der Waals surface area contributed by atoms with Crippen molar-refractivity contribution in [2.75, 3.05) is 0 Å². The Labute approximate surface area is 168 Å². The minimum atomic E-state index is -4.63. The van der Waals surface area contributed by atoms with Gasteiger partial charge in [-0.1, -0.05) is 31.9 Å². The highest BCUT2D eigenvalue weighted by Gasteiger charge is 2.48. The molecule has 0 saturated heterocycles. The van der Waals surface area contributed by atoms with E-state index in [9.17, 15) is 28.3 Å². The second kappa shape index (κ2) is 7.86. The first-order valence-electron chi connectivity index (χ1n) is 9.91. The fourth-order valence-corrected chi connectivity index (χ4v) is 4.11. The number of rotatable bonds is 7. The summed E-state index contributed by atoms with van der Waals surface area (Å²) in [5.41, 5.74) is -1.24. The summed E-state index contributed by atoms with van der Waals surface area (Å²) in [4.78, 5) is 12.9.